The predicted molar refractivity (Wildman–Crippen MR) is 101 cm³/mol. The summed E-state index contributed by atoms with van der Waals surface area (Å²) < 4.78 is 11.7. The van der Waals surface area contributed by atoms with Gasteiger partial charge < -0.3 is 24.7 Å². The van der Waals surface area contributed by atoms with Crippen LogP contribution in [0.1, 0.15) is 18.2 Å². The number of likely N-dealkylation sites (N-methyl/N-ethyl adjacent to an activating group) is 1. The van der Waals surface area contributed by atoms with E-state index in [1.54, 1.807) is 0 Å². The fraction of sp³-hybridized carbons (Fsp3) is 0.526. The average molecular weight is 344 g/mol. The summed E-state index contributed by atoms with van der Waals surface area (Å²) >= 11 is 0. The van der Waals surface area contributed by atoms with Crippen molar-refractivity contribution < 1.29 is 9.15 Å². The summed E-state index contributed by atoms with van der Waals surface area (Å²) in [6.07, 6.45) is 0.190. The maximum Gasteiger partial charge on any atom is 0.191 e. The van der Waals surface area contributed by atoms with Crippen molar-refractivity contribution in [2.45, 2.75) is 26.5 Å². The van der Waals surface area contributed by atoms with E-state index in [-0.39, 0.29) is 6.10 Å². The van der Waals surface area contributed by atoms with Gasteiger partial charge in [-0.25, -0.2) is 4.99 Å². The minimum absolute atomic E-state index is 0.190. The molecule has 2 heterocycles. The van der Waals surface area contributed by atoms with Crippen molar-refractivity contribution in [2.24, 2.45) is 4.99 Å². The molecule has 0 radical (unpaired) electrons. The Hall–Kier alpha value is -2.05. The van der Waals surface area contributed by atoms with Gasteiger partial charge in [-0.2, -0.15) is 0 Å². The first-order valence-electron chi connectivity index (χ1n) is 8.96. The molecular formula is C19H28N4O2. The minimum atomic E-state index is 0.190. The molecule has 1 saturated heterocycles. The maximum absolute atomic E-state index is 5.94. The molecule has 0 saturated carbocycles. The van der Waals surface area contributed by atoms with E-state index in [1.807, 2.05) is 18.2 Å². The number of nitrogens with zero attached hydrogens (tertiary/aromatic N) is 2. The molecule has 3 rings (SSSR count). The first-order valence-corrected chi connectivity index (χ1v) is 8.96. The van der Waals surface area contributed by atoms with Gasteiger partial charge in [-0.05, 0) is 27.0 Å². The Morgan fingerprint density at radius 3 is 2.92 bits per heavy atom. The first-order chi connectivity index (χ1) is 12.2. The number of hydrogen-bond acceptors (Lipinski definition) is 4. The number of guanidine groups is 1. The van der Waals surface area contributed by atoms with Gasteiger partial charge in [0.05, 0.1) is 12.7 Å². The molecule has 1 aliphatic heterocycles. The van der Waals surface area contributed by atoms with Crippen LogP contribution in [-0.2, 0) is 11.3 Å². The first kappa shape index (κ1) is 17.8. The van der Waals surface area contributed by atoms with Crippen LogP contribution in [0.4, 0.5) is 0 Å². The smallest absolute Gasteiger partial charge is 0.191 e. The summed E-state index contributed by atoms with van der Waals surface area (Å²) in [6, 6.07) is 8.10. The van der Waals surface area contributed by atoms with Gasteiger partial charge in [0, 0.05) is 37.1 Å². The lowest BCUT2D eigenvalue weighted by Gasteiger charge is -2.30. The zero-order valence-electron chi connectivity index (χ0n) is 15.3. The van der Waals surface area contributed by atoms with E-state index in [2.05, 4.69) is 47.5 Å². The number of rotatable bonds is 5. The zero-order chi connectivity index (χ0) is 17.6. The summed E-state index contributed by atoms with van der Waals surface area (Å²) in [5, 5.41) is 7.82. The van der Waals surface area contributed by atoms with Gasteiger partial charge in [0.25, 0.3) is 0 Å². The molecule has 0 spiro atoms. The van der Waals surface area contributed by atoms with Crippen molar-refractivity contribution in [2.75, 3.05) is 39.8 Å². The fourth-order valence-electron chi connectivity index (χ4n) is 3.07. The number of aliphatic imine (C=N–C) groups is 1. The molecule has 1 unspecified atom stereocenters. The Morgan fingerprint density at radius 1 is 1.32 bits per heavy atom. The van der Waals surface area contributed by atoms with E-state index in [0.717, 1.165) is 61.0 Å². The molecule has 25 heavy (non-hydrogen) atoms. The lowest BCUT2D eigenvalue weighted by Crippen LogP contribution is -2.48. The van der Waals surface area contributed by atoms with Crippen molar-refractivity contribution in [3.63, 3.8) is 0 Å². The Bertz CT molecular complexity index is 725. The van der Waals surface area contributed by atoms with Crippen LogP contribution in [0.25, 0.3) is 11.0 Å². The largest absolute Gasteiger partial charge is 0.459 e. The summed E-state index contributed by atoms with van der Waals surface area (Å²) in [6.45, 7) is 8.95. The molecule has 136 valence electrons. The van der Waals surface area contributed by atoms with Crippen LogP contribution in [0.3, 0.4) is 0 Å². The third-order valence-electron chi connectivity index (χ3n) is 4.51. The molecule has 1 aromatic heterocycles. The molecule has 6 heteroatoms. The van der Waals surface area contributed by atoms with Gasteiger partial charge in [0.15, 0.2) is 5.96 Å². The van der Waals surface area contributed by atoms with E-state index in [9.17, 15) is 0 Å². The number of ether oxygens (including phenoxy) is 1. The van der Waals surface area contributed by atoms with Gasteiger partial charge in [0.2, 0.25) is 0 Å². The Balaban J connectivity index is 1.63. The van der Waals surface area contributed by atoms with E-state index in [0.29, 0.717) is 6.54 Å². The van der Waals surface area contributed by atoms with Crippen LogP contribution in [0, 0.1) is 6.92 Å². The van der Waals surface area contributed by atoms with Gasteiger partial charge in [-0.15, -0.1) is 0 Å². The molecule has 1 aromatic carbocycles. The van der Waals surface area contributed by atoms with Crippen LogP contribution >= 0.6 is 0 Å². The molecular weight excluding hydrogens is 316 g/mol. The molecule has 6 nitrogen and oxygen atoms in total. The summed E-state index contributed by atoms with van der Waals surface area (Å²) in [5.74, 6) is 1.70. The van der Waals surface area contributed by atoms with E-state index in [4.69, 9.17) is 9.15 Å². The van der Waals surface area contributed by atoms with Crippen molar-refractivity contribution in [1.29, 1.82) is 0 Å². The van der Waals surface area contributed by atoms with Gasteiger partial charge in [-0.3, -0.25) is 0 Å². The summed E-state index contributed by atoms with van der Waals surface area (Å²) in [5.41, 5.74) is 2.08. The predicted octanol–water partition coefficient (Wildman–Crippen LogP) is 2.13. The number of aryl methyl sites for hydroxylation is 1. The second-order valence-electron chi connectivity index (χ2n) is 6.48. The quantitative estimate of drug-likeness (QED) is 0.643. The van der Waals surface area contributed by atoms with Gasteiger partial charge >= 0.3 is 0 Å². The number of morpholine rings is 1. The number of fused-ring (bicyclic) bond motifs is 1. The molecule has 0 bridgehead atoms. The van der Waals surface area contributed by atoms with E-state index < -0.39 is 0 Å². The molecule has 1 atom stereocenters. The topological polar surface area (TPSA) is 62.0 Å². The lowest BCUT2D eigenvalue weighted by atomic mass is 10.1. The SMILES string of the molecule is CCNC(=NCc1oc2ccccc2c1C)NCC1CN(C)CCO1. The number of hydrogen-bond donors (Lipinski definition) is 2. The monoisotopic (exact) mass is 344 g/mol. The normalized spacial score (nSPS) is 19.3. The second kappa shape index (κ2) is 8.36. The fourth-order valence-corrected chi connectivity index (χ4v) is 3.07. The maximum atomic E-state index is 5.94. The van der Waals surface area contributed by atoms with E-state index >= 15 is 0 Å². The van der Waals surface area contributed by atoms with Crippen LogP contribution < -0.4 is 10.6 Å². The number of para-hydroxylation sites is 1. The zero-order valence-corrected chi connectivity index (χ0v) is 15.3. The van der Waals surface area contributed by atoms with Crippen molar-refractivity contribution in [3.8, 4) is 0 Å². The molecule has 0 aliphatic carbocycles. The average Bonchev–Trinajstić information content (AvgIpc) is 2.94. The Kier molecular flexibility index (Phi) is 5.94. The third-order valence-corrected chi connectivity index (χ3v) is 4.51. The second-order valence-corrected chi connectivity index (χ2v) is 6.48. The number of benzene rings is 1. The Labute approximate surface area is 149 Å². The molecule has 2 aromatic rings. The molecule has 1 fully saturated rings. The number of furan rings is 1. The van der Waals surface area contributed by atoms with E-state index in [1.165, 1.54) is 0 Å². The van der Waals surface area contributed by atoms with Crippen LogP contribution in [0.2, 0.25) is 0 Å². The Morgan fingerprint density at radius 2 is 2.16 bits per heavy atom. The third kappa shape index (κ3) is 4.52. The van der Waals surface area contributed by atoms with Gasteiger partial charge in [-0.1, -0.05) is 18.2 Å². The van der Waals surface area contributed by atoms with Crippen molar-refractivity contribution >= 4 is 16.9 Å². The standard InChI is InChI=1S/C19H28N4O2/c1-4-20-19(21-11-15-13-23(3)9-10-24-15)22-12-18-14(2)16-7-5-6-8-17(16)25-18/h5-8,15H,4,9-13H2,1-3H3,(H2,20,21,22). The highest BCUT2D eigenvalue weighted by molar-refractivity contribution is 5.82. The van der Waals surface area contributed by atoms with Crippen LogP contribution in [0.15, 0.2) is 33.7 Å². The van der Waals surface area contributed by atoms with Crippen LogP contribution in [-0.4, -0.2) is 56.8 Å². The van der Waals surface area contributed by atoms with Crippen LogP contribution in [0.5, 0.6) is 0 Å². The van der Waals surface area contributed by atoms with Gasteiger partial charge in [0.1, 0.15) is 17.9 Å². The highest BCUT2D eigenvalue weighted by Crippen LogP contribution is 2.25. The van der Waals surface area contributed by atoms with Crippen molar-refractivity contribution in [1.82, 2.24) is 15.5 Å². The highest BCUT2D eigenvalue weighted by Gasteiger charge is 2.17. The highest BCUT2D eigenvalue weighted by atomic mass is 16.5. The molecule has 2 N–H and O–H groups in total. The lowest BCUT2D eigenvalue weighted by molar-refractivity contribution is -0.0161. The van der Waals surface area contributed by atoms with Crippen molar-refractivity contribution in [3.05, 3.63) is 35.6 Å². The molecule has 1 aliphatic rings. The number of nitrogens with one attached hydrogen (secondary N) is 2. The summed E-state index contributed by atoms with van der Waals surface area (Å²) in [4.78, 5) is 6.96. The summed E-state index contributed by atoms with van der Waals surface area (Å²) in [7, 11) is 2.12. The molecule has 0 amide bonds. The minimum Gasteiger partial charge on any atom is -0.459 e.